The molecule has 0 unspecified atom stereocenters. The van der Waals surface area contributed by atoms with Crippen LogP contribution in [0.3, 0.4) is 0 Å². The minimum atomic E-state index is -0.125. The minimum absolute atomic E-state index is 0. The normalized spacial score (nSPS) is 2.14. The van der Waals surface area contributed by atoms with Gasteiger partial charge in [-0.05, 0) is 0 Å². The van der Waals surface area contributed by atoms with E-state index in [1.807, 2.05) is 0 Å². The van der Waals surface area contributed by atoms with Crippen LogP contribution in [0, 0.1) is 0 Å². The molecule has 0 radical (unpaired) electrons. The average Bonchev–Trinajstić information content (AvgIpc) is 1.37. The summed E-state index contributed by atoms with van der Waals surface area (Å²) in [4.78, 5) is 0. The fourth-order valence-electron chi connectivity index (χ4n) is 0. The average molecular weight is 242 g/mol. The fraction of sp³-hybridized carbons (Fsp3) is 1.00. The Bertz CT molecular complexity index is 10.3. The van der Waals surface area contributed by atoms with Gasteiger partial charge in [0.15, 0.2) is 0 Å². The van der Waals surface area contributed by atoms with Gasteiger partial charge in [-0.25, -0.2) is 0 Å². The van der Waals surface area contributed by atoms with Gasteiger partial charge in [0.2, 0.25) is 0 Å². The predicted octanol–water partition coefficient (Wildman–Crippen LogP) is -9.28. The molecule has 0 aromatic heterocycles. The maximum Gasteiger partial charge on any atom is 0.0662 e. The monoisotopic (exact) mass is 242 g/mol. The Morgan fingerprint density at radius 3 is 0.429 bits per heavy atom. The molecule has 106 valence electrons. The van der Waals surface area contributed by atoms with E-state index in [4.69, 9.17) is 10.2 Å². The van der Waals surface area contributed by atoms with Crippen LogP contribution in [0.2, 0.25) is 0 Å². The van der Waals surface area contributed by atoms with E-state index >= 15 is 0 Å². The zero-order chi connectivity index (χ0) is 3.41. The topological polar surface area (TPSA) is 355 Å². The maximum absolute atomic E-state index is 7.62. The van der Waals surface area contributed by atoms with Crippen LogP contribution in [0.1, 0.15) is 0 Å². The van der Waals surface area contributed by atoms with Gasteiger partial charge in [-0.1, -0.05) is 0 Å². The Hall–Kier alpha value is -0.480. The van der Waals surface area contributed by atoms with Crippen molar-refractivity contribution in [2.75, 3.05) is 13.2 Å². The minimum Gasteiger partial charge on any atom is -0.412 e. The van der Waals surface area contributed by atoms with Gasteiger partial charge in [-0.15, -0.1) is 0 Å². The van der Waals surface area contributed by atoms with Crippen molar-refractivity contribution in [3.05, 3.63) is 0 Å². The van der Waals surface area contributed by atoms with Crippen LogP contribution in [-0.2, 0) is 0 Å². The van der Waals surface area contributed by atoms with Crippen molar-refractivity contribution in [1.29, 1.82) is 0 Å². The van der Waals surface area contributed by atoms with Gasteiger partial charge in [0, 0.05) is 0 Å². The van der Waals surface area contributed by atoms with Crippen LogP contribution in [-0.4, -0.2) is 78.2 Å². The van der Waals surface area contributed by atoms with Crippen molar-refractivity contribution in [3.63, 3.8) is 0 Å². The molecule has 0 fully saturated rings. The Labute approximate surface area is 79.5 Å². The Morgan fingerprint density at radius 1 is 0.357 bits per heavy atom. The molecule has 12 nitrogen and oxygen atoms in total. The van der Waals surface area contributed by atoms with Crippen LogP contribution in [0.5, 0.6) is 0 Å². The first-order chi connectivity index (χ1) is 1.91. The first-order valence-corrected chi connectivity index (χ1v) is 1.13. The molecular weight excluding hydrogens is 216 g/mol. The molecule has 0 aromatic rings. The van der Waals surface area contributed by atoms with E-state index in [0.717, 1.165) is 0 Å². The van der Waals surface area contributed by atoms with Crippen molar-refractivity contribution in [1.82, 2.24) is 0 Å². The molecule has 0 saturated heterocycles. The summed E-state index contributed by atoms with van der Waals surface area (Å²) in [7, 11) is 0. The fourth-order valence-corrected chi connectivity index (χ4v) is 0. The lowest BCUT2D eigenvalue weighted by Gasteiger charge is -1.70. The lowest BCUT2D eigenvalue weighted by atomic mass is 10.8. The number of aliphatic hydroxyl groups excluding tert-OH is 2. The molecule has 0 saturated carbocycles. The third-order valence-electron chi connectivity index (χ3n) is 0.1000. The molecular formula is C2H26O12. The standard InChI is InChI=1S/C2H6O2.10H2O/c3-1-2-4;;;;;;;;;;/h3-4H,1-2H2;10*1H2. The predicted molar refractivity (Wildman–Crippen MR) is 50.3 cm³/mol. The number of hydrogen-bond acceptors (Lipinski definition) is 2. The molecule has 0 amide bonds. The SMILES string of the molecule is O.O.O.O.O.O.O.O.O.O.OCCO. The number of rotatable bonds is 1. The third-order valence-corrected chi connectivity index (χ3v) is 0.1000. The van der Waals surface area contributed by atoms with Gasteiger partial charge in [0.1, 0.15) is 0 Å². The molecule has 0 heterocycles. The highest BCUT2D eigenvalue weighted by molar-refractivity contribution is 4.06. The van der Waals surface area contributed by atoms with Crippen LogP contribution in [0.15, 0.2) is 0 Å². The van der Waals surface area contributed by atoms with Crippen LogP contribution >= 0.6 is 0 Å². The van der Waals surface area contributed by atoms with Gasteiger partial charge < -0.3 is 65.0 Å². The highest BCUT2D eigenvalue weighted by Crippen LogP contribution is 1.39. The van der Waals surface area contributed by atoms with Crippen molar-refractivity contribution < 1.29 is 65.0 Å². The van der Waals surface area contributed by atoms with Gasteiger partial charge in [-0.3, -0.25) is 0 Å². The van der Waals surface area contributed by atoms with E-state index in [-0.39, 0.29) is 68.0 Å². The molecule has 22 N–H and O–H groups in total. The van der Waals surface area contributed by atoms with Crippen LogP contribution < -0.4 is 0 Å². The zero-order valence-electron chi connectivity index (χ0n) is 7.31. The summed E-state index contributed by atoms with van der Waals surface area (Å²) in [5.41, 5.74) is 0. The third kappa shape index (κ3) is 4710. The lowest BCUT2D eigenvalue weighted by Crippen LogP contribution is -1.85. The van der Waals surface area contributed by atoms with E-state index in [1.165, 1.54) is 0 Å². The Balaban J connectivity index is -0.000000001000. The summed E-state index contributed by atoms with van der Waals surface area (Å²) >= 11 is 0. The Kier molecular flexibility index (Phi) is 17100. The highest BCUT2D eigenvalue weighted by Gasteiger charge is 1.58. The van der Waals surface area contributed by atoms with E-state index in [1.54, 1.807) is 0 Å². The second-order valence-corrected chi connectivity index (χ2v) is 0.447. The lowest BCUT2D eigenvalue weighted by molar-refractivity contribution is 0.186. The van der Waals surface area contributed by atoms with Gasteiger partial charge in [0.25, 0.3) is 0 Å². The van der Waals surface area contributed by atoms with Crippen molar-refractivity contribution >= 4 is 0 Å². The van der Waals surface area contributed by atoms with E-state index in [0.29, 0.717) is 0 Å². The van der Waals surface area contributed by atoms with E-state index < -0.39 is 0 Å². The second kappa shape index (κ2) is 719. The van der Waals surface area contributed by atoms with Crippen LogP contribution in [0.4, 0.5) is 0 Å². The first-order valence-electron chi connectivity index (χ1n) is 1.13. The smallest absolute Gasteiger partial charge is 0.0662 e. The summed E-state index contributed by atoms with van der Waals surface area (Å²) < 4.78 is 0. The van der Waals surface area contributed by atoms with E-state index in [9.17, 15) is 0 Å². The van der Waals surface area contributed by atoms with Crippen LogP contribution in [0.25, 0.3) is 0 Å². The van der Waals surface area contributed by atoms with Gasteiger partial charge in [0.05, 0.1) is 13.2 Å². The quantitative estimate of drug-likeness (QED) is 0.451. The largest absolute Gasteiger partial charge is 0.412 e. The first kappa shape index (κ1) is 334. The molecule has 0 spiro atoms. The number of hydrogen-bond donors (Lipinski definition) is 2. The second-order valence-electron chi connectivity index (χ2n) is 0.447. The molecule has 14 heavy (non-hydrogen) atoms. The molecule has 0 aromatic carbocycles. The summed E-state index contributed by atoms with van der Waals surface area (Å²) in [5.74, 6) is 0. The summed E-state index contributed by atoms with van der Waals surface area (Å²) in [6, 6.07) is 0. The molecule has 0 aliphatic rings. The molecule has 0 aliphatic carbocycles. The molecule has 0 bridgehead atoms. The highest BCUT2D eigenvalue weighted by atomic mass is 16.3. The van der Waals surface area contributed by atoms with Crippen molar-refractivity contribution in [2.45, 2.75) is 0 Å². The molecule has 12 heteroatoms. The van der Waals surface area contributed by atoms with E-state index in [2.05, 4.69) is 0 Å². The molecule has 0 rings (SSSR count). The van der Waals surface area contributed by atoms with Crippen molar-refractivity contribution in [2.24, 2.45) is 0 Å². The number of aliphatic hydroxyl groups is 2. The van der Waals surface area contributed by atoms with Crippen molar-refractivity contribution in [3.8, 4) is 0 Å². The molecule has 0 aliphatic heterocycles. The van der Waals surface area contributed by atoms with Gasteiger partial charge in [-0.2, -0.15) is 0 Å². The maximum atomic E-state index is 7.62. The molecule has 0 atom stereocenters. The Morgan fingerprint density at radius 2 is 0.429 bits per heavy atom. The van der Waals surface area contributed by atoms with Gasteiger partial charge >= 0.3 is 0 Å². The summed E-state index contributed by atoms with van der Waals surface area (Å²) in [6.45, 7) is -0.250. The summed E-state index contributed by atoms with van der Waals surface area (Å²) in [5, 5.41) is 15.2. The summed E-state index contributed by atoms with van der Waals surface area (Å²) in [6.07, 6.45) is 0. The zero-order valence-corrected chi connectivity index (χ0v) is 7.31.